The molecule has 2 aliphatic rings. The van der Waals surface area contributed by atoms with Gasteiger partial charge in [-0.05, 0) is 57.1 Å². The fourth-order valence-electron chi connectivity index (χ4n) is 3.89. The molecule has 6 nitrogen and oxygen atoms in total. The average molecular weight is 432 g/mol. The Morgan fingerprint density at radius 1 is 1.10 bits per heavy atom. The third kappa shape index (κ3) is 5.37. The van der Waals surface area contributed by atoms with E-state index in [9.17, 15) is 13.2 Å². The lowest BCUT2D eigenvalue weighted by Crippen LogP contribution is -2.24. The molecule has 2 heterocycles. The highest BCUT2D eigenvalue weighted by atomic mass is 19.4. The van der Waals surface area contributed by atoms with Crippen molar-refractivity contribution in [2.75, 3.05) is 5.32 Å². The van der Waals surface area contributed by atoms with Crippen molar-refractivity contribution in [2.45, 2.75) is 71.0 Å². The molecule has 2 saturated carbocycles. The minimum atomic E-state index is -4.54. The van der Waals surface area contributed by atoms with Gasteiger partial charge in [-0.1, -0.05) is 31.7 Å². The second-order valence-corrected chi connectivity index (χ2v) is 8.65. The molecule has 0 unspecified atom stereocenters. The van der Waals surface area contributed by atoms with Crippen LogP contribution in [0.25, 0.3) is 11.5 Å². The Morgan fingerprint density at radius 3 is 2.45 bits per heavy atom. The number of aromatic nitrogens is 4. The van der Waals surface area contributed by atoms with Crippen LogP contribution < -0.4 is 5.32 Å². The lowest BCUT2D eigenvalue weighted by molar-refractivity contribution is -0.141. The SMILES string of the molecule is CC(=Nc1nc(N[C@H](C)CC2CCC2)nc(-c2cccc(C(F)(F)F)n2)n1)C1CCC1. The van der Waals surface area contributed by atoms with Crippen molar-refractivity contribution in [1.82, 2.24) is 19.9 Å². The predicted octanol–water partition coefficient (Wildman–Crippen LogP) is 5.84. The van der Waals surface area contributed by atoms with Crippen molar-refractivity contribution in [1.29, 1.82) is 0 Å². The molecular weight excluding hydrogens is 405 g/mol. The second-order valence-electron chi connectivity index (χ2n) is 8.65. The minimum absolute atomic E-state index is 0.0460. The van der Waals surface area contributed by atoms with Gasteiger partial charge in [0.15, 0.2) is 5.82 Å². The van der Waals surface area contributed by atoms with E-state index in [-0.39, 0.29) is 23.5 Å². The number of nitrogens with zero attached hydrogens (tertiary/aromatic N) is 5. The summed E-state index contributed by atoms with van der Waals surface area (Å²) in [4.78, 5) is 21.4. The smallest absolute Gasteiger partial charge is 0.352 e. The standard InChI is InChI=1S/C22H27F3N6/c1-13(12-15-6-3-7-15)26-20-29-19(17-10-5-11-18(28-17)22(23,24)25)30-21(31-20)27-14(2)16-8-4-9-16/h5,10-11,13,15-16H,3-4,6-9,12H2,1-2H3,(H,26,29,30,31)/t13-/m1/s1. The van der Waals surface area contributed by atoms with E-state index in [0.29, 0.717) is 17.8 Å². The Morgan fingerprint density at radius 2 is 1.84 bits per heavy atom. The number of rotatable bonds is 7. The summed E-state index contributed by atoms with van der Waals surface area (Å²) in [6.45, 7) is 4.01. The molecule has 4 rings (SSSR count). The van der Waals surface area contributed by atoms with Crippen LogP contribution in [0.4, 0.5) is 25.1 Å². The molecule has 0 radical (unpaired) electrons. The van der Waals surface area contributed by atoms with Crippen molar-refractivity contribution >= 4 is 17.6 Å². The molecular formula is C22H27F3N6. The summed E-state index contributed by atoms with van der Waals surface area (Å²) in [5, 5.41) is 3.29. The van der Waals surface area contributed by atoms with E-state index in [1.165, 1.54) is 37.8 Å². The number of nitrogens with one attached hydrogen (secondary N) is 1. The van der Waals surface area contributed by atoms with E-state index in [4.69, 9.17) is 0 Å². The number of hydrogen-bond acceptors (Lipinski definition) is 6. The van der Waals surface area contributed by atoms with Gasteiger partial charge in [0.2, 0.25) is 5.95 Å². The third-order valence-corrected chi connectivity index (χ3v) is 6.15. The molecule has 1 N–H and O–H groups in total. The molecule has 2 aromatic heterocycles. The van der Waals surface area contributed by atoms with Gasteiger partial charge in [0.1, 0.15) is 11.4 Å². The van der Waals surface area contributed by atoms with Crippen LogP contribution in [-0.2, 0) is 6.18 Å². The van der Waals surface area contributed by atoms with Crippen molar-refractivity contribution in [3.05, 3.63) is 23.9 Å². The van der Waals surface area contributed by atoms with Gasteiger partial charge in [-0.2, -0.15) is 28.1 Å². The highest BCUT2D eigenvalue weighted by Gasteiger charge is 2.33. The number of halogens is 3. The average Bonchev–Trinajstić information content (AvgIpc) is 2.62. The maximum Gasteiger partial charge on any atom is 0.433 e. The van der Waals surface area contributed by atoms with Crippen LogP contribution in [0.2, 0.25) is 0 Å². The molecule has 1 atom stereocenters. The normalized spacial score (nSPS) is 18.9. The van der Waals surface area contributed by atoms with Gasteiger partial charge in [0.05, 0.1) is 0 Å². The quantitative estimate of drug-likeness (QED) is 0.557. The second kappa shape index (κ2) is 8.88. The molecule has 0 aromatic carbocycles. The molecule has 2 fully saturated rings. The topological polar surface area (TPSA) is 76.0 Å². The molecule has 0 aliphatic heterocycles. The Labute approximate surface area is 179 Å². The van der Waals surface area contributed by atoms with Crippen LogP contribution in [-0.4, -0.2) is 31.7 Å². The van der Waals surface area contributed by atoms with Crippen LogP contribution in [0.1, 0.15) is 64.5 Å². The third-order valence-electron chi connectivity index (χ3n) is 6.15. The van der Waals surface area contributed by atoms with Crippen molar-refractivity contribution in [2.24, 2.45) is 16.8 Å². The number of anilines is 1. The van der Waals surface area contributed by atoms with Crippen molar-refractivity contribution in [3.63, 3.8) is 0 Å². The van der Waals surface area contributed by atoms with Crippen LogP contribution in [0, 0.1) is 11.8 Å². The first-order valence-electron chi connectivity index (χ1n) is 10.9. The maximum atomic E-state index is 13.1. The Balaban J connectivity index is 1.65. The monoisotopic (exact) mass is 432 g/mol. The number of hydrogen-bond donors (Lipinski definition) is 1. The number of pyridine rings is 1. The van der Waals surface area contributed by atoms with E-state index in [1.807, 2.05) is 6.92 Å². The lowest BCUT2D eigenvalue weighted by Gasteiger charge is -2.28. The highest BCUT2D eigenvalue weighted by Crippen LogP contribution is 2.32. The summed E-state index contributed by atoms with van der Waals surface area (Å²) in [6, 6.07) is 3.85. The van der Waals surface area contributed by atoms with Gasteiger partial charge in [-0.3, -0.25) is 0 Å². The fraction of sp³-hybridized carbons (Fsp3) is 0.591. The van der Waals surface area contributed by atoms with E-state index < -0.39 is 11.9 Å². The molecule has 166 valence electrons. The highest BCUT2D eigenvalue weighted by molar-refractivity contribution is 5.86. The summed E-state index contributed by atoms with van der Waals surface area (Å²) >= 11 is 0. The molecule has 2 aromatic rings. The summed E-state index contributed by atoms with van der Waals surface area (Å²) in [7, 11) is 0. The zero-order valence-electron chi connectivity index (χ0n) is 17.8. The molecule has 0 bridgehead atoms. The van der Waals surface area contributed by atoms with Crippen LogP contribution in [0.15, 0.2) is 23.2 Å². The van der Waals surface area contributed by atoms with Gasteiger partial charge < -0.3 is 5.32 Å². The first-order valence-corrected chi connectivity index (χ1v) is 10.9. The van der Waals surface area contributed by atoms with Gasteiger partial charge in [-0.15, -0.1) is 0 Å². The summed E-state index contributed by atoms with van der Waals surface area (Å²) < 4.78 is 39.4. The molecule has 0 saturated heterocycles. The molecule has 0 spiro atoms. The Kier molecular flexibility index (Phi) is 6.20. The minimum Gasteiger partial charge on any atom is -0.352 e. The largest absolute Gasteiger partial charge is 0.433 e. The molecule has 2 aliphatic carbocycles. The van der Waals surface area contributed by atoms with E-state index in [2.05, 4.69) is 37.2 Å². The van der Waals surface area contributed by atoms with Crippen LogP contribution >= 0.6 is 0 Å². The van der Waals surface area contributed by atoms with E-state index in [1.54, 1.807) is 0 Å². The Bertz CT molecular complexity index is 951. The van der Waals surface area contributed by atoms with Crippen LogP contribution in [0.3, 0.4) is 0 Å². The fourth-order valence-corrected chi connectivity index (χ4v) is 3.89. The first kappa shape index (κ1) is 21.6. The zero-order chi connectivity index (χ0) is 22.0. The predicted molar refractivity (Wildman–Crippen MR) is 113 cm³/mol. The summed E-state index contributed by atoms with van der Waals surface area (Å²) in [6.07, 6.45) is 3.56. The number of aliphatic imine (C=N–C) groups is 1. The van der Waals surface area contributed by atoms with Gasteiger partial charge >= 0.3 is 6.18 Å². The van der Waals surface area contributed by atoms with Crippen molar-refractivity contribution in [3.8, 4) is 11.5 Å². The van der Waals surface area contributed by atoms with E-state index >= 15 is 0 Å². The van der Waals surface area contributed by atoms with Crippen molar-refractivity contribution < 1.29 is 13.2 Å². The molecule has 9 heteroatoms. The Hall–Kier alpha value is -2.58. The summed E-state index contributed by atoms with van der Waals surface area (Å²) in [5.41, 5.74) is 0.00695. The maximum absolute atomic E-state index is 13.1. The zero-order valence-corrected chi connectivity index (χ0v) is 17.8. The number of alkyl halides is 3. The van der Waals surface area contributed by atoms with Gasteiger partial charge in [-0.25, -0.2) is 9.98 Å². The first-order chi connectivity index (χ1) is 14.8. The van der Waals surface area contributed by atoms with Crippen LogP contribution in [0.5, 0.6) is 0 Å². The van der Waals surface area contributed by atoms with Gasteiger partial charge in [0, 0.05) is 11.8 Å². The molecule has 0 amide bonds. The summed E-state index contributed by atoms with van der Waals surface area (Å²) in [5.74, 6) is 1.72. The van der Waals surface area contributed by atoms with E-state index in [0.717, 1.165) is 31.0 Å². The van der Waals surface area contributed by atoms with Gasteiger partial charge in [0.25, 0.3) is 5.95 Å². The lowest BCUT2D eigenvalue weighted by atomic mass is 9.81. The molecule has 31 heavy (non-hydrogen) atoms.